The third-order valence-corrected chi connectivity index (χ3v) is 6.32. The number of anilines is 1. The number of aliphatic hydroxyl groups is 1. The Morgan fingerprint density at radius 1 is 1.22 bits per heavy atom. The summed E-state index contributed by atoms with van der Waals surface area (Å²) < 4.78 is 13.8. The Labute approximate surface area is 211 Å². The summed E-state index contributed by atoms with van der Waals surface area (Å²) in [4.78, 5) is 9.43. The number of pyridine rings is 1. The molecule has 5 N–H and O–H groups in total. The first-order chi connectivity index (χ1) is 17.6. The quantitative estimate of drug-likeness (QED) is 0.394. The van der Waals surface area contributed by atoms with E-state index in [1.165, 1.54) is 31.0 Å². The van der Waals surface area contributed by atoms with Gasteiger partial charge in [0, 0.05) is 63.0 Å². The summed E-state index contributed by atoms with van der Waals surface area (Å²) >= 11 is 0. The summed E-state index contributed by atoms with van der Waals surface area (Å²) in [7, 11) is 4.72. The van der Waals surface area contributed by atoms with Crippen molar-refractivity contribution in [3.05, 3.63) is 55.1 Å². The third-order valence-electron chi connectivity index (χ3n) is 6.32. The van der Waals surface area contributed by atoms with Gasteiger partial charge in [0.25, 0.3) is 0 Å². The van der Waals surface area contributed by atoms with Gasteiger partial charge < -0.3 is 30.6 Å². The van der Waals surface area contributed by atoms with Gasteiger partial charge in [-0.3, -0.25) is 0 Å². The van der Waals surface area contributed by atoms with Gasteiger partial charge in [-0.15, -0.1) is 0 Å². The van der Waals surface area contributed by atoms with E-state index in [0.29, 0.717) is 17.8 Å². The lowest BCUT2D eigenvalue weighted by atomic mass is 9.81. The molecule has 2 aromatic heterocycles. The molecule has 10 heteroatoms. The molecule has 3 aliphatic heterocycles. The summed E-state index contributed by atoms with van der Waals surface area (Å²) in [5.41, 5.74) is 15.9. The van der Waals surface area contributed by atoms with E-state index in [2.05, 4.69) is 28.5 Å². The number of methoxy groups -OCH3 is 1. The molecule has 0 spiro atoms. The van der Waals surface area contributed by atoms with E-state index in [1.54, 1.807) is 11.6 Å². The second-order valence-corrected chi connectivity index (χ2v) is 8.51. The second-order valence-electron chi connectivity index (χ2n) is 8.51. The van der Waals surface area contributed by atoms with E-state index in [9.17, 15) is 0 Å². The Morgan fingerprint density at radius 3 is 2.56 bits per heavy atom. The molecule has 0 aromatic carbocycles. The number of aryl methyl sites for hydroxylation is 1. The zero-order valence-corrected chi connectivity index (χ0v) is 21.3. The molecule has 1 unspecified atom stereocenters. The molecule has 1 aliphatic carbocycles. The van der Waals surface area contributed by atoms with Crippen LogP contribution in [-0.2, 0) is 16.5 Å². The number of hydrogen-bond acceptors (Lipinski definition) is 8. The van der Waals surface area contributed by atoms with Gasteiger partial charge in [-0.25, -0.2) is 9.97 Å². The molecule has 6 rings (SSSR count). The van der Waals surface area contributed by atoms with E-state index >= 15 is 0 Å². The van der Waals surface area contributed by atoms with E-state index in [4.69, 9.17) is 25.3 Å². The fourth-order valence-electron chi connectivity index (χ4n) is 4.22. The average molecular weight is 496 g/mol. The standard InChI is InChI=1S/C18H18N6.C5H10O2.C2H5N.CH4O/c1-23-7-3-6-12-14(9-20-17(12)23)15-8-16(19)24-18(22-15)13(10-21-24)11-4-2-5-11;1-6-5-2-3-7-4-5;1-2-3;1-2/h3,6-11H,2,4-5,19H2,1H3;5H,2-4H2,1H3;2H,1,3H2;2H,1H3. The average Bonchev–Trinajstić information content (AvgIpc) is 3.61. The van der Waals surface area contributed by atoms with Crippen LogP contribution in [0.15, 0.2) is 49.6 Å². The zero-order valence-electron chi connectivity index (χ0n) is 21.3. The van der Waals surface area contributed by atoms with Gasteiger partial charge >= 0.3 is 0 Å². The van der Waals surface area contributed by atoms with Crippen molar-refractivity contribution in [2.75, 3.05) is 33.2 Å². The summed E-state index contributed by atoms with van der Waals surface area (Å²) in [5, 5.41) is 11.4. The number of aromatic nitrogens is 5. The van der Waals surface area contributed by atoms with Crippen molar-refractivity contribution in [2.45, 2.75) is 37.7 Å². The minimum atomic E-state index is 0.375. The van der Waals surface area contributed by atoms with Crippen LogP contribution in [0, 0.1) is 0 Å². The number of hydrogen-bond donors (Lipinski definition) is 3. The van der Waals surface area contributed by atoms with Crippen LogP contribution in [0.2, 0.25) is 0 Å². The molecule has 194 valence electrons. The Bertz CT molecular complexity index is 1210. The maximum Gasteiger partial charge on any atom is 0.161 e. The third kappa shape index (κ3) is 5.84. The maximum atomic E-state index is 7.00. The van der Waals surface area contributed by atoms with Crippen molar-refractivity contribution in [3.63, 3.8) is 0 Å². The molecule has 36 heavy (non-hydrogen) atoms. The van der Waals surface area contributed by atoms with Crippen LogP contribution >= 0.6 is 0 Å². The zero-order chi connectivity index (χ0) is 26.1. The van der Waals surface area contributed by atoms with Crippen LogP contribution in [-0.4, -0.2) is 62.8 Å². The molecule has 4 aliphatic rings. The molecular weight excluding hydrogens is 458 g/mol. The fraction of sp³-hybridized carbons (Fsp3) is 0.423. The van der Waals surface area contributed by atoms with Crippen molar-refractivity contribution >= 4 is 11.5 Å². The van der Waals surface area contributed by atoms with Gasteiger partial charge in [-0.2, -0.15) is 9.61 Å². The van der Waals surface area contributed by atoms with Gasteiger partial charge in [0.1, 0.15) is 11.6 Å². The van der Waals surface area contributed by atoms with Crippen molar-refractivity contribution in [1.82, 2.24) is 24.1 Å². The molecule has 1 saturated carbocycles. The van der Waals surface area contributed by atoms with Crippen LogP contribution < -0.4 is 11.5 Å². The molecule has 0 amide bonds. The lowest BCUT2D eigenvalue weighted by Gasteiger charge is -2.24. The maximum absolute atomic E-state index is 7.00. The summed E-state index contributed by atoms with van der Waals surface area (Å²) in [6.07, 6.45) is 12.2. The topological polar surface area (TPSA) is 139 Å². The number of rotatable bonds is 3. The second kappa shape index (κ2) is 13.0. The van der Waals surface area contributed by atoms with Crippen LogP contribution in [0.1, 0.15) is 37.2 Å². The molecule has 0 bridgehead atoms. The Kier molecular flexibility index (Phi) is 9.80. The number of nitrogen functional groups attached to an aromatic ring is 1. The highest BCUT2D eigenvalue weighted by Gasteiger charge is 2.25. The number of nitrogens with two attached hydrogens (primary N) is 2. The predicted molar refractivity (Wildman–Crippen MR) is 142 cm³/mol. The normalized spacial score (nSPS) is 16.7. The number of nitrogens with zero attached hydrogens (tertiary/aromatic N) is 5. The highest BCUT2D eigenvalue weighted by atomic mass is 16.5. The van der Waals surface area contributed by atoms with Gasteiger partial charge in [-0.1, -0.05) is 13.0 Å². The van der Waals surface area contributed by atoms with Crippen molar-refractivity contribution < 1.29 is 14.6 Å². The first kappa shape index (κ1) is 27.1. The lowest BCUT2D eigenvalue weighted by Crippen LogP contribution is -2.09. The molecule has 5 heterocycles. The number of ether oxygens (including phenoxy) is 2. The van der Waals surface area contributed by atoms with Gasteiger partial charge in [0.15, 0.2) is 5.65 Å². The highest BCUT2D eigenvalue weighted by molar-refractivity contribution is 5.82. The fourth-order valence-corrected chi connectivity index (χ4v) is 4.22. The monoisotopic (exact) mass is 495 g/mol. The Hall–Kier alpha value is -3.47. The first-order valence-corrected chi connectivity index (χ1v) is 12.0. The van der Waals surface area contributed by atoms with Crippen molar-refractivity contribution in [1.29, 1.82) is 0 Å². The van der Waals surface area contributed by atoms with Gasteiger partial charge in [0.05, 0.1) is 24.6 Å². The van der Waals surface area contributed by atoms with Gasteiger partial charge in [-0.05, 0) is 43.5 Å². The minimum absolute atomic E-state index is 0.375. The van der Waals surface area contributed by atoms with Gasteiger partial charge in [0.2, 0.25) is 0 Å². The summed E-state index contributed by atoms with van der Waals surface area (Å²) in [6, 6.07) is 5.98. The van der Waals surface area contributed by atoms with E-state index in [-0.39, 0.29) is 0 Å². The van der Waals surface area contributed by atoms with E-state index in [0.717, 1.165) is 55.0 Å². The first-order valence-electron chi connectivity index (χ1n) is 12.0. The highest BCUT2D eigenvalue weighted by Crippen LogP contribution is 2.39. The Balaban J connectivity index is 0.000000253. The van der Waals surface area contributed by atoms with Crippen LogP contribution in [0.4, 0.5) is 5.82 Å². The molecule has 1 atom stereocenters. The van der Waals surface area contributed by atoms with Crippen molar-refractivity contribution in [2.24, 2.45) is 12.8 Å². The number of aliphatic hydroxyl groups excluding tert-OH is 1. The molecule has 10 nitrogen and oxygen atoms in total. The number of fused-ring (bicyclic) bond motifs is 2. The van der Waals surface area contributed by atoms with Crippen molar-refractivity contribution in [3.8, 4) is 22.6 Å². The van der Waals surface area contributed by atoms with Crippen LogP contribution in [0.3, 0.4) is 0 Å². The van der Waals surface area contributed by atoms with E-state index in [1.807, 2.05) is 42.3 Å². The van der Waals surface area contributed by atoms with Crippen LogP contribution in [0.5, 0.6) is 0 Å². The molecule has 2 fully saturated rings. The molecule has 1 saturated heterocycles. The molecule has 2 aromatic rings. The lowest BCUT2D eigenvalue weighted by molar-refractivity contribution is 0.0822. The molecular formula is C26H37N7O3. The minimum Gasteiger partial charge on any atom is -0.405 e. The molecule has 0 radical (unpaired) electrons. The largest absolute Gasteiger partial charge is 0.405 e. The van der Waals surface area contributed by atoms with Crippen LogP contribution in [0.25, 0.3) is 28.3 Å². The summed E-state index contributed by atoms with van der Waals surface area (Å²) in [5.74, 6) is 2.12. The SMILES string of the molecule is C=CN.CO.COC1CCOC1.Cn1cccc2c(-c3cc(N)n4ncc(C5CCC5)c4n3)cnc1-2. The smallest absolute Gasteiger partial charge is 0.161 e. The Morgan fingerprint density at radius 2 is 1.97 bits per heavy atom. The summed E-state index contributed by atoms with van der Waals surface area (Å²) in [6.45, 7) is 4.80. The van der Waals surface area contributed by atoms with E-state index < -0.39 is 0 Å². The predicted octanol–water partition coefficient (Wildman–Crippen LogP) is 3.20.